The number of hydrogen-bond donors (Lipinski definition) is 2. The van der Waals surface area contributed by atoms with Crippen molar-refractivity contribution < 1.29 is 0 Å². The molecule has 1 unspecified atom stereocenters. The van der Waals surface area contributed by atoms with Crippen molar-refractivity contribution in [2.24, 2.45) is 22.2 Å². The zero-order valence-corrected chi connectivity index (χ0v) is 20.4. The van der Waals surface area contributed by atoms with Gasteiger partial charge >= 0.3 is 0 Å². The van der Waals surface area contributed by atoms with Crippen LogP contribution in [0.2, 0.25) is 0 Å². The Kier molecular flexibility index (Phi) is 7.40. The minimum Gasteiger partial charge on any atom is -0.346 e. The van der Waals surface area contributed by atoms with Crippen LogP contribution in [0.1, 0.15) is 98.2 Å². The second kappa shape index (κ2) is 9.06. The van der Waals surface area contributed by atoms with E-state index in [0.29, 0.717) is 5.92 Å². The molecule has 0 aliphatic heterocycles. The number of rotatable bonds is 9. The molecule has 0 spiro atoms. The van der Waals surface area contributed by atoms with Gasteiger partial charge < -0.3 is 9.97 Å². The van der Waals surface area contributed by atoms with Crippen LogP contribution in [-0.4, -0.2) is 19.9 Å². The standard InChI is InChI=1S/C25H44N4/c1-18(12-21-26-16-19(28-21)13-23(2,3)4)10-11-25(8,9)15-22-27-17-20(29-22)14-24(5,6)7/h16-18H,10-15H2,1-9H3,(H,26,28)(H,27,29). The summed E-state index contributed by atoms with van der Waals surface area (Å²) in [5.41, 5.74) is 3.32. The average Bonchev–Trinajstić information content (AvgIpc) is 3.11. The summed E-state index contributed by atoms with van der Waals surface area (Å²) in [4.78, 5) is 16.3. The summed E-state index contributed by atoms with van der Waals surface area (Å²) in [6, 6.07) is 0. The van der Waals surface area contributed by atoms with Crippen LogP contribution in [0, 0.1) is 22.2 Å². The van der Waals surface area contributed by atoms with Crippen molar-refractivity contribution in [1.82, 2.24) is 19.9 Å². The molecule has 0 radical (unpaired) electrons. The zero-order valence-electron chi connectivity index (χ0n) is 20.4. The van der Waals surface area contributed by atoms with Crippen LogP contribution < -0.4 is 0 Å². The van der Waals surface area contributed by atoms with Crippen molar-refractivity contribution in [1.29, 1.82) is 0 Å². The van der Waals surface area contributed by atoms with Gasteiger partial charge in [-0.25, -0.2) is 9.97 Å². The SMILES string of the molecule is CC(CCC(C)(C)Cc1ncc(CC(C)(C)C)[nH]1)Cc1ncc(CC(C)(C)C)[nH]1. The van der Waals surface area contributed by atoms with Gasteiger partial charge in [0.1, 0.15) is 11.6 Å². The Morgan fingerprint density at radius 3 is 1.76 bits per heavy atom. The highest BCUT2D eigenvalue weighted by Gasteiger charge is 2.22. The molecule has 164 valence electrons. The second-order valence-corrected chi connectivity index (χ2v) is 12.4. The highest BCUT2D eigenvalue weighted by Crippen LogP contribution is 2.30. The van der Waals surface area contributed by atoms with Gasteiger partial charge in [-0.1, -0.05) is 62.3 Å². The third-order valence-corrected chi connectivity index (χ3v) is 5.31. The van der Waals surface area contributed by atoms with Crippen molar-refractivity contribution >= 4 is 0 Å². The van der Waals surface area contributed by atoms with Crippen molar-refractivity contribution in [3.05, 3.63) is 35.4 Å². The first-order valence-electron chi connectivity index (χ1n) is 11.3. The van der Waals surface area contributed by atoms with Crippen LogP contribution in [-0.2, 0) is 25.7 Å². The lowest BCUT2D eigenvalue weighted by Crippen LogP contribution is -2.18. The molecule has 2 aromatic rings. The normalized spacial score (nSPS) is 14.4. The van der Waals surface area contributed by atoms with Crippen molar-refractivity contribution in [3.8, 4) is 0 Å². The summed E-state index contributed by atoms with van der Waals surface area (Å²) in [5.74, 6) is 2.88. The van der Waals surface area contributed by atoms with E-state index in [1.807, 2.05) is 12.4 Å². The number of hydrogen-bond acceptors (Lipinski definition) is 2. The molecule has 4 heteroatoms. The smallest absolute Gasteiger partial charge is 0.106 e. The summed E-state index contributed by atoms with van der Waals surface area (Å²) >= 11 is 0. The lowest BCUT2D eigenvalue weighted by atomic mass is 9.81. The molecule has 0 fully saturated rings. The van der Waals surface area contributed by atoms with E-state index in [-0.39, 0.29) is 16.2 Å². The molecule has 0 amide bonds. The quantitative estimate of drug-likeness (QED) is 0.502. The molecular weight excluding hydrogens is 356 g/mol. The van der Waals surface area contributed by atoms with E-state index >= 15 is 0 Å². The van der Waals surface area contributed by atoms with E-state index in [4.69, 9.17) is 0 Å². The Morgan fingerprint density at radius 1 is 0.759 bits per heavy atom. The minimum absolute atomic E-state index is 0.242. The molecule has 4 nitrogen and oxygen atoms in total. The summed E-state index contributed by atoms with van der Waals surface area (Å²) < 4.78 is 0. The third-order valence-electron chi connectivity index (χ3n) is 5.31. The van der Waals surface area contributed by atoms with E-state index in [9.17, 15) is 0 Å². The summed E-state index contributed by atoms with van der Waals surface area (Å²) in [7, 11) is 0. The van der Waals surface area contributed by atoms with E-state index in [1.54, 1.807) is 0 Å². The molecule has 2 heterocycles. The Balaban J connectivity index is 1.82. The van der Waals surface area contributed by atoms with Crippen molar-refractivity contribution in [2.75, 3.05) is 0 Å². The van der Waals surface area contributed by atoms with Gasteiger partial charge in [-0.3, -0.25) is 0 Å². The van der Waals surface area contributed by atoms with Crippen LogP contribution >= 0.6 is 0 Å². The molecule has 0 aliphatic carbocycles. The topological polar surface area (TPSA) is 57.4 Å². The van der Waals surface area contributed by atoms with E-state index < -0.39 is 0 Å². The highest BCUT2D eigenvalue weighted by atomic mass is 14.9. The predicted octanol–water partition coefficient (Wildman–Crippen LogP) is 6.54. The fourth-order valence-electron chi connectivity index (χ4n) is 3.94. The van der Waals surface area contributed by atoms with Crippen LogP contribution in [0.3, 0.4) is 0 Å². The minimum atomic E-state index is 0.242. The molecule has 1 atom stereocenters. The van der Waals surface area contributed by atoms with Gasteiger partial charge in [0.25, 0.3) is 0 Å². The number of nitrogens with one attached hydrogen (secondary N) is 2. The lowest BCUT2D eigenvalue weighted by Gasteiger charge is -2.25. The molecule has 0 saturated carbocycles. The van der Waals surface area contributed by atoms with Gasteiger partial charge in [0.05, 0.1) is 0 Å². The monoisotopic (exact) mass is 400 g/mol. The molecule has 0 saturated heterocycles. The van der Waals surface area contributed by atoms with Gasteiger partial charge in [-0.15, -0.1) is 0 Å². The van der Waals surface area contributed by atoms with Gasteiger partial charge in [0.2, 0.25) is 0 Å². The first kappa shape index (κ1) is 23.7. The average molecular weight is 401 g/mol. The Bertz CT molecular complexity index is 752. The van der Waals surface area contributed by atoms with Crippen molar-refractivity contribution in [3.63, 3.8) is 0 Å². The largest absolute Gasteiger partial charge is 0.346 e. The fourth-order valence-corrected chi connectivity index (χ4v) is 3.94. The number of nitrogens with zero attached hydrogens (tertiary/aromatic N) is 2. The van der Waals surface area contributed by atoms with Gasteiger partial charge in [0.15, 0.2) is 0 Å². The molecule has 0 aliphatic rings. The molecule has 2 aromatic heterocycles. The van der Waals surface area contributed by atoms with Crippen LogP contribution in [0.25, 0.3) is 0 Å². The third kappa shape index (κ3) is 9.18. The first-order chi connectivity index (χ1) is 13.2. The maximum absolute atomic E-state index is 4.64. The maximum atomic E-state index is 4.64. The first-order valence-corrected chi connectivity index (χ1v) is 11.3. The van der Waals surface area contributed by atoms with Crippen LogP contribution in [0.4, 0.5) is 0 Å². The molecule has 2 N–H and O–H groups in total. The molecule has 0 aromatic carbocycles. The maximum Gasteiger partial charge on any atom is 0.106 e. The predicted molar refractivity (Wildman–Crippen MR) is 123 cm³/mol. The van der Waals surface area contributed by atoms with Gasteiger partial charge in [-0.2, -0.15) is 0 Å². The molecule has 29 heavy (non-hydrogen) atoms. The van der Waals surface area contributed by atoms with Gasteiger partial charge in [0, 0.05) is 36.6 Å². The Labute approximate surface area is 178 Å². The summed E-state index contributed by atoms with van der Waals surface area (Å²) in [5, 5.41) is 0. The summed E-state index contributed by atoms with van der Waals surface area (Å²) in [6.45, 7) is 20.7. The van der Waals surface area contributed by atoms with Crippen LogP contribution in [0.5, 0.6) is 0 Å². The molecule has 0 bridgehead atoms. The molecular formula is C25H44N4. The number of aromatic amines is 2. The Hall–Kier alpha value is -1.58. The van der Waals surface area contributed by atoms with E-state index in [1.165, 1.54) is 24.2 Å². The summed E-state index contributed by atoms with van der Waals surface area (Å²) in [6.07, 6.45) is 10.5. The zero-order chi connectivity index (χ0) is 21.9. The number of imidazole rings is 2. The van der Waals surface area contributed by atoms with Gasteiger partial charge in [-0.05, 0) is 47.8 Å². The second-order valence-electron chi connectivity index (χ2n) is 12.4. The van der Waals surface area contributed by atoms with Crippen molar-refractivity contribution in [2.45, 2.75) is 101 Å². The Morgan fingerprint density at radius 2 is 1.24 bits per heavy atom. The molecule has 2 rings (SSSR count). The lowest BCUT2D eigenvalue weighted by molar-refractivity contribution is 0.290. The fraction of sp³-hybridized carbons (Fsp3) is 0.760. The number of aromatic nitrogens is 4. The van der Waals surface area contributed by atoms with E-state index in [2.05, 4.69) is 82.2 Å². The van der Waals surface area contributed by atoms with E-state index in [0.717, 1.165) is 37.3 Å². The number of H-pyrrole nitrogens is 2. The highest BCUT2D eigenvalue weighted by molar-refractivity contribution is 5.06. The van der Waals surface area contributed by atoms with Crippen LogP contribution in [0.15, 0.2) is 12.4 Å².